The lowest BCUT2D eigenvalue weighted by atomic mass is 9.94. The van der Waals surface area contributed by atoms with E-state index < -0.39 is 0 Å². The van der Waals surface area contributed by atoms with Crippen LogP contribution in [-0.2, 0) is 11.4 Å². The number of hydrogen-bond acceptors (Lipinski definition) is 4. The summed E-state index contributed by atoms with van der Waals surface area (Å²) in [5.41, 5.74) is 3.81. The fourth-order valence-electron chi connectivity index (χ4n) is 4.51. The standard InChI is InChI=1S/C27H31IN2O3S/c1-4-32-24-16-20(14-22(28)25(24)33-17-19-12-10-18(2)11-13-19)15-23-26(31)30(27(34)29(23)3)21-8-6-5-7-9-21/h10-16,21H,4-9,17H2,1-3H3/b23-15-. The van der Waals surface area contributed by atoms with Crippen LogP contribution in [0.1, 0.15) is 55.7 Å². The molecule has 2 aromatic rings. The number of hydrogen-bond donors (Lipinski definition) is 0. The second kappa shape index (κ2) is 11.1. The van der Waals surface area contributed by atoms with Gasteiger partial charge < -0.3 is 14.4 Å². The number of ether oxygens (including phenoxy) is 2. The van der Waals surface area contributed by atoms with E-state index in [1.807, 2.05) is 42.0 Å². The molecule has 1 saturated carbocycles. The summed E-state index contributed by atoms with van der Waals surface area (Å²) in [5, 5.41) is 0.598. The van der Waals surface area contributed by atoms with E-state index in [0.29, 0.717) is 29.8 Å². The molecule has 180 valence electrons. The number of thiocarbonyl (C=S) groups is 1. The van der Waals surface area contributed by atoms with Crippen LogP contribution < -0.4 is 9.47 Å². The normalized spacial score (nSPS) is 18.2. The molecule has 7 heteroatoms. The molecule has 34 heavy (non-hydrogen) atoms. The highest BCUT2D eigenvalue weighted by atomic mass is 127. The first-order valence-corrected chi connectivity index (χ1v) is 13.4. The van der Waals surface area contributed by atoms with Crippen molar-refractivity contribution in [3.63, 3.8) is 0 Å². The number of aryl methyl sites for hydroxylation is 1. The van der Waals surface area contributed by atoms with Crippen molar-refractivity contribution in [1.82, 2.24) is 9.80 Å². The lowest BCUT2D eigenvalue weighted by molar-refractivity contribution is -0.124. The Morgan fingerprint density at radius 2 is 1.82 bits per heavy atom. The summed E-state index contributed by atoms with van der Waals surface area (Å²) in [4.78, 5) is 17.0. The van der Waals surface area contributed by atoms with Crippen molar-refractivity contribution in [2.24, 2.45) is 0 Å². The molecule has 1 saturated heterocycles. The zero-order valence-electron chi connectivity index (χ0n) is 20.0. The second-order valence-corrected chi connectivity index (χ2v) is 10.4. The van der Waals surface area contributed by atoms with Crippen molar-refractivity contribution in [2.75, 3.05) is 13.7 Å². The summed E-state index contributed by atoms with van der Waals surface area (Å²) < 4.78 is 13.0. The van der Waals surface area contributed by atoms with E-state index in [0.717, 1.165) is 46.1 Å². The Hall–Kier alpha value is -2.13. The average Bonchev–Trinajstić information content (AvgIpc) is 3.03. The Balaban J connectivity index is 1.59. The third-order valence-corrected chi connectivity index (χ3v) is 7.64. The molecule has 4 rings (SSSR count). The van der Waals surface area contributed by atoms with E-state index in [1.54, 1.807) is 0 Å². The van der Waals surface area contributed by atoms with Gasteiger partial charge in [0.15, 0.2) is 16.6 Å². The molecular weight excluding hydrogens is 559 g/mol. The van der Waals surface area contributed by atoms with Crippen molar-refractivity contribution in [3.05, 3.63) is 62.4 Å². The van der Waals surface area contributed by atoms with E-state index in [1.165, 1.54) is 12.0 Å². The van der Waals surface area contributed by atoms with Crippen molar-refractivity contribution in [3.8, 4) is 11.5 Å². The summed E-state index contributed by atoms with van der Waals surface area (Å²) in [7, 11) is 1.88. The molecule has 1 heterocycles. The molecular formula is C27H31IN2O3S. The zero-order chi connectivity index (χ0) is 24.2. The van der Waals surface area contributed by atoms with Crippen LogP contribution in [0.5, 0.6) is 11.5 Å². The van der Waals surface area contributed by atoms with Gasteiger partial charge in [-0.1, -0.05) is 49.1 Å². The molecule has 0 bridgehead atoms. The monoisotopic (exact) mass is 590 g/mol. The van der Waals surface area contributed by atoms with Gasteiger partial charge in [0.25, 0.3) is 5.91 Å². The molecule has 0 atom stereocenters. The summed E-state index contributed by atoms with van der Waals surface area (Å²) in [6.45, 7) is 5.01. The first-order valence-electron chi connectivity index (χ1n) is 11.9. The lowest BCUT2D eigenvalue weighted by Crippen LogP contribution is -2.41. The van der Waals surface area contributed by atoms with Gasteiger partial charge in [-0.05, 0) is 90.8 Å². The average molecular weight is 591 g/mol. The van der Waals surface area contributed by atoms with E-state index in [9.17, 15) is 4.79 Å². The molecule has 1 amide bonds. The molecule has 1 aliphatic heterocycles. The maximum absolute atomic E-state index is 13.3. The fraction of sp³-hybridized carbons (Fsp3) is 0.407. The number of amides is 1. The third-order valence-electron chi connectivity index (χ3n) is 6.37. The minimum Gasteiger partial charge on any atom is -0.490 e. The Morgan fingerprint density at radius 1 is 1.12 bits per heavy atom. The number of nitrogens with zero attached hydrogens (tertiary/aromatic N) is 2. The molecule has 2 fully saturated rings. The molecule has 0 spiro atoms. The number of halogens is 1. The molecule has 0 aromatic heterocycles. The van der Waals surface area contributed by atoms with E-state index in [-0.39, 0.29) is 11.9 Å². The topological polar surface area (TPSA) is 42.0 Å². The predicted molar refractivity (Wildman–Crippen MR) is 148 cm³/mol. The van der Waals surface area contributed by atoms with Crippen LogP contribution in [0.2, 0.25) is 0 Å². The van der Waals surface area contributed by atoms with E-state index in [4.69, 9.17) is 21.7 Å². The summed E-state index contributed by atoms with van der Waals surface area (Å²) in [5.74, 6) is 1.39. The van der Waals surface area contributed by atoms with Gasteiger partial charge in [0.2, 0.25) is 0 Å². The highest BCUT2D eigenvalue weighted by Gasteiger charge is 2.40. The number of likely N-dealkylation sites (N-methyl/N-ethyl adjacent to an activating group) is 1. The van der Waals surface area contributed by atoms with Crippen molar-refractivity contribution in [1.29, 1.82) is 0 Å². The number of carbonyl (C=O) groups excluding carboxylic acids is 1. The van der Waals surface area contributed by atoms with Crippen LogP contribution in [-0.4, -0.2) is 40.5 Å². The molecule has 0 radical (unpaired) electrons. The molecule has 1 aliphatic carbocycles. The van der Waals surface area contributed by atoms with Crippen LogP contribution >= 0.6 is 34.8 Å². The molecule has 5 nitrogen and oxygen atoms in total. The first kappa shape index (κ1) is 25.0. The molecule has 0 N–H and O–H groups in total. The van der Waals surface area contributed by atoms with Crippen LogP contribution in [0.25, 0.3) is 6.08 Å². The lowest BCUT2D eigenvalue weighted by Gasteiger charge is -2.30. The second-order valence-electron chi connectivity index (χ2n) is 8.88. The van der Waals surface area contributed by atoms with Crippen LogP contribution in [0, 0.1) is 10.5 Å². The maximum atomic E-state index is 13.3. The quantitative estimate of drug-likeness (QED) is 0.215. The van der Waals surface area contributed by atoms with Gasteiger partial charge in [-0.2, -0.15) is 0 Å². The van der Waals surface area contributed by atoms with Gasteiger partial charge >= 0.3 is 0 Å². The Bertz CT molecular complexity index is 1090. The van der Waals surface area contributed by atoms with Crippen molar-refractivity contribution in [2.45, 2.75) is 58.6 Å². The smallest absolute Gasteiger partial charge is 0.277 e. The molecule has 0 unspecified atom stereocenters. The highest BCUT2D eigenvalue weighted by Crippen LogP contribution is 2.37. The van der Waals surface area contributed by atoms with Gasteiger partial charge in [0, 0.05) is 13.1 Å². The summed E-state index contributed by atoms with van der Waals surface area (Å²) >= 11 is 7.93. The van der Waals surface area contributed by atoms with Gasteiger partial charge in [-0.15, -0.1) is 0 Å². The Kier molecular flexibility index (Phi) is 8.14. The molecule has 2 aromatic carbocycles. The Labute approximate surface area is 221 Å². The van der Waals surface area contributed by atoms with Gasteiger partial charge in [0.1, 0.15) is 12.3 Å². The summed E-state index contributed by atoms with van der Waals surface area (Å²) in [6, 6.07) is 12.5. The van der Waals surface area contributed by atoms with Crippen LogP contribution in [0.4, 0.5) is 0 Å². The SMILES string of the molecule is CCOc1cc(/C=C2/C(=O)N(C3CCCCC3)C(=S)N2C)cc(I)c1OCc1ccc(C)cc1. The largest absolute Gasteiger partial charge is 0.490 e. The number of benzene rings is 2. The number of rotatable bonds is 7. The Morgan fingerprint density at radius 3 is 2.50 bits per heavy atom. The van der Waals surface area contributed by atoms with Crippen molar-refractivity contribution < 1.29 is 14.3 Å². The van der Waals surface area contributed by atoms with Gasteiger partial charge in [0.05, 0.1) is 10.2 Å². The predicted octanol–water partition coefficient (Wildman–Crippen LogP) is 6.31. The van der Waals surface area contributed by atoms with E-state index in [2.05, 4.69) is 53.8 Å². The maximum Gasteiger partial charge on any atom is 0.277 e. The fourth-order valence-corrected chi connectivity index (χ4v) is 5.62. The minimum atomic E-state index is -0.00735. The van der Waals surface area contributed by atoms with E-state index >= 15 is 0 Å². The van der Waals surface area contributed by atoms with Crippen LogP contribution in [0.3, 0.4) is 0 Å². The zero-order valence-corrected chi connectivity index (χ0v) is 22.9. The van der Waals surface area contributed by atoms with Crippen molar-refractivity contribution >= 4 is 51.9 Å². The number of carbonyl (C=O) groups is 1. The van der Waals surface area contributed by atoms with Crippen LogP contribution in [0.15, 0.2) is 42.1 Å². The summed E-state index contributed by atoms with van der Waals surface area (Å²) in [6.07, 6.45) is 7.49. The minimum absolute atomic E-state index is 0.00735. The van der Waals surface area contributed by atoms with Gasteiger partial charge in [-0.25, -0.2) is 0 Å². The molecule has 2 aliphatic rings. The highest BCUT2D eigenvalue weighted by molar-refractivity contribution is 14.1. The van der Waals surface area contributed by atoms with Gasteiger partial charge in [-0.3, -0.25) is 9.69 Å². The third kappa shape index (κ3) is 5.40. The first-order chi connectivity index (χ1) is 16.4.